The lowest BCUT2D eigenvalue weighted by Crippen LogP contribution is -2.37. The fraction of sp³-hybridized carbons (Fsp3) is 0.600. The number of fused-ring (bicyclic) bond motifs is 1. The molecule has 2 N–H and O–H groups in total. The van der Waals surface area contributed by atoms with Gasteiger partial charge in [-0.2, -0.15) is 0 Å². The van der Waals surface area contributed by atoms with Crippen LogP contribution in [0.4, 0.5) is 0 Å². The highest BCUT2D eigenvalue weighted by molar-refractivity contribution is 5.43. The van der Waals surface area contributed by atoms with Crippen molar-refractivity contribution in [1.82, 2.24) is 0 Å². The molecule has 1 saturated heterocycles. The topological polar surface area (TPSA) is 44.5 Å². The van der Waals surface area contributed by atoms with Crippen LogP contribution in [-0.2, 0) is 16.7 Å². The van der Waals surface area contributed by atoms with E-state index >= 15 is 0 Å². The summed E-state index contributed by atoms with van der Waals surface area (Å²) in [6.07, 6.45) is 5.70. The molecule has 18 heavy (non-hydrogen) atoms. The van der Waals surface area contributed by atoms with E-state index in [0.717, 1.165) is 38.0 Å². The molecular weight excluding hydrogens is 226 g/mol. The Morgan fingerprint density at radius 1 is 1.50 bits per heavy atom. The second kappa shape index (κ2) is 4.56. The van der Waals surface area contributed by atoms with Crippen molar-refractivity contribution in [2.45, 2.75) is 43.7 Å². The Labute approximate surface area is 108 Å². The van der Waals surface area contributed by atoms with E-state index in [1.54, 1.807) is 7.11 Å². The van der Waals surface area contributed by atoms with Gasteiger partial charge >= 0.3 is 0 Å². The van der Waals surface area contributed by atoms with Gasteiger partial charge in [0.05, 0.1) is 13.2 Å². The maximum Gasteiger partial charge on any atom is 0.119 e. The van der Waals surface area contributed by atoms with Crippen molar-refractivity contribution in [1.29, 1.82) is 0 Å². The van der Waals surface area contributed by atoms with Crippen LogP contribution in [0, 0.1) is 0 Å². The van der Waals surface area contributed by atoms with Crippen LogP contribution in [0.5, 0.6) is 5.75 Å². The molecule has 1 aromatic carbocycles. The third kappa shape index (κ3) is 2.02. The lowest BCUT2D eigenvalue weighted by molar-refractivity contribution is 0.0826. The second-order valence-electron chi connectivity index (χ2n) is 5.52. The molecule has 0 saturated carbocycles. The highest BCUT2D eigenvalue weighted by Crippen LogP contribution is 2.41. The molecule has 2 atom stereocenters. The molecule has 98 valence electrons. The minimum absolute atomic E-state index is 0.223. The van der Waals surface area contributed by atoms with Crippen LogP contribution in [0.1, 0.15) is 36.8 Å². The third-order valence-corrected chi connectivity index (χ3v) is 4.31. The van der Waals surface area contributed by atoms with Gasteiger partial charge in [-0.1, -0.05) is 6.07 Å². The van der Waals surface area contributed by atoms with Gasteiger partial charge in [0.2, 0.25) is 0 Å². The normalized spacial score (nSPS) is 30.4. The zero-order chi connectivity index (χ0) is 12.6. The largest absolute Gasteiger partial charge is 0.497 e. The molecule has 2 unspecified atom stereocenters. The molecule has 3 nitrogen and oxygen atoms in total. The minimum Gasteiger partial charge on any atom is -0.497 e. The molecule has 0 spiro atoms. The number of nitrogens with two attached hydrogens (primary N) is 1. The fourth-order valence-corrected chi connectivity index (χ4v) is 3.28. The zero-order valence-electron chi connectivity index (χ0n) is 10.9. The Bertz CT molecular complexity index is 440. The first kappa shape index (κ1) is 12.0. The monoisotopic (exact) mass is 247 g/mol. The molecule has 2 aliphatic rings. The smallest absolute Gasteiger partial charge is 0.119 e. The van der Waals surface area contributed by atoms with Gasteiger partial charge < -0.3 is 15.2 Å². The number of hydrogen-bond acceptors (Lipinski definition) is 3. The number of rotatable bonds is 3. The first-order valence-corrected chi connectivity index (χ1v) is 6.79. The molecule has 1 aliphatic heterocycles. The van der Waals surface area contributed by atoms with E-state index in [9.17, 15) is 0 Å². The number of aryl methyl sites for hydroxylation is 1. The van der Waals surface area contributed by atoms with Crippen LogP contribution >= 0.6 is 0 Å². The predicted octanol–water partition coefficient (Wildman–Crippen LogP) is 2.36. The van der Waals surface area contributed by atoms with Crippen LogP contribution < -0.4 is 10.5 Å². The van der Waals surface area contributed by atoms with Crippen molar-refractivity contribution in [3.8, 4) is 5.75 Å². The molecule has 3 rings (SSSR count). The highest BCUT2D eigenvalue weighted by Gasteiger charge is 2.38. The fourth-order valence-electron chi connectivity index (χ4n) is 3.28. The number of ether oxygens (including phenoxy) is 2. The summed E-state index contributed by atoms with van der Waals surface area (Å²) in [6.45, 7) is 0.895. The summed E-state index contributed by atoms with van der Waals surface area (Å²) in [5.74, 6) is 0.901. The number of methoxy groups -OCH3 is 1. The Morgan fingerprint density at radius 2 is 2.39 bits per heavy atom. The average Bonchev–Trinajstić information content (AvgIpc) is 2.99. The van der Waals surface area contributed by atoms with Gasteiger partial charge in [-0.05, 0) is 55.4 Å². The van der Waals surface area contributed by atoms with E-state index in [2.05, 4.69) is 12.1 Å². The van der Waals surface area contributed by atoms with Crippen molar-refractivity contribution in [3.05, 3.63) is 29.3 Å². The van der Waals surface area contributed by atoms with Gasteiger partial charge in [-0.3, -0.25) is 0 Å². The third-order valence-electron chi connectivity index (χ3n) is 4.31. The quantitative estimate of drug-likeness (QED) is 0.891. The van der Waals surface area contributed by atoms with Crippen molar-refractivity contribution < 1.29 is 9.47 Å². The summed E-state index contributed by atoms with van der Waals surface area (Å²) < 4.78 is 11.1. The molecule has 3 heteroatoms. The maximum atomic E-state index is 6.64. The molecule has 1 heterocycles. The molecule has 0 radical (unpaired) electrons. The Hall–Kier alpha value is -1.06. The van der Waals surface area contributed by atoms with Gasteiger partial charge in [0.1, 0.15) is 5.75 Å². The zero-order valence-corrected chi connectivity index (χ0v) is 10.9. The number of benzene rings is 1. The lowest BCUT2D eigenvalue weighted by Gasteiger charge is -2.28. The summed E-state index contributed by atoms with van der Waals surface area (Å²) in [5.41, 5.74) is 9.05. The Balaban J connectivity index is 1.86. The molecule has 0 bridgehead atoms. The van der Waals surface area contributed by atoms with E-state index in [1.165, 1.54) is 17.5 Å². The molecule has 0 aromatic heterocycles. The van der Waals surface area contributed by atoms with Crippen molar-refractivity contribution in [2.75, 3.05) is 13.7 Å². The number of hydrogen-bond donors (Lipinski definition) is 1. The van der Waals surface area contributed by atoms with Gasteiger partial charge in [0, 0.05) is 12.1 Å². The highest BCUT2D eigenvalue weighted by atomic mass is 16.5. The van der Waals surface area contributed by atoms with E-state index in [1.807, 2.05) is 6.07 Å². The van der Waals surface area contributed by atoms with Crippen LogP contribution in [-0.4, -0.2) is 19.8 Å². The van der Waals surface area contributed by atoms with Crippen molar-refractivity contribution in [3.63, 3.8) is 0 Å². The summed E-state index contributed by atoms with van der Waals surface area (Å²) in [4.78, 5) is 0. The molecule has 1 aliphatic carbocycles. The summed E-state index contributed by atoms with van der Waals surface area (Å²) in [7, 11) is 1.70. The second-order valence-corrected chi connectivity index (χ2v) is 5.52. The van der Waals surface area contributed by atoms with Crippen molar-refractivity contribution in [2.24, 2.45) is 5.73 Å². The SMILES string of the molecule is COc1ccc2c(c1)C(N)(CC1CCCO1)CC2. The van der Waals surface area contributed by atoms with Gasteiger partial charge in [0.15, 0.2) is 0 Å². The van der Waals surface area contributed by atoms with Crippen LogP contribution in [0.15, 0.2) is 18.2 Å². The van der Waals surface area contributed by atoms with Crippen molar-refractivity contribution >= 4 is 0 Å². The Morgan fingerprint density at radius 3 is 3.11 bits per heavy atom. The lowest BCUT2D eigenvalue weighted by atomic mass is 9.86. The molecule has 1 aromatic rings. The minimum atomic E-state index is -0.223. The standard InChI is InChI=1S/C15H21NO2/c1-17-12-5-4-11-6-7-15(16,14(11)9-12)10-13-3-2-8-18-13/h4-5,9,13H,2-3,6-8,10,16H2,1H3. The van der Waals surface area contributed by atoms with E-state index in [-0.39, 0.29) is 5.54 Å². The van der Waals surface area contributed by atoms with Crippen LogP contribution in [0.25, 0.3) is 0 Å². The average molecular weight is 247 g/mol. The molecule has 1 fully saturated rings. The van der Waals surface area contributed by atoms with E-state index in [0.29, 0.717) is 6.10 Å². The van der Waals surface area contributed by atoms with E-state index < -0.39 is 0 Å². The van der Waals surface area contributed by atoms with Gasteiger partial charge in [-0.25, -0.2) is 0 Å². The Kier molecular flexibility index (Phi) is 3.04. The summed E-state index contributed by atoms with van der Waals surface area (Å²) in [5, 5.41) is 0. The van der Waals surface area contributed by atoms with Crippen LogP contribution in [0.3, 0.4) is 0 Å². The maximum absolute atomic E-state index is 6.64. The molecule has 0 amide bonds. The molecular formula is C15H21NO2. The first-order chi connectivity index (χ1) is 8.71. The summed E-state index contributed by atoms with van der Waals surface area (Å²) in [6, 6.07) is 6.28. The van der Waals surface area contributed by atoms with E-state index in [4.69, 9.17) is 15.2 Å². The van der Waals surface area contributed by atoms with Gasteiger partial charge in [-0.15, -0.1) is 0 Å². The first-order valence-electron chi connectivity index (χ1n) is 6.79. The predicted molar refractivity (Wildman–Crippen MR) is 70.8 cm³/mol. The summed E-state index contributed by atoms with van der Waals surface area (Å²) >= 11 is 0. The van der Waals surface area contributed by atoms with Gasteiger partial charge in [0.25, 0.3) is 0 Å². The van der Waals surface area contributed by atoms with Crippen LogP contribution in [0.2, 0.25) is 0 Å².